The Morgan fingerprint density at radius 1 is 0.964 bits per heavy atom. The normalized spacial score (nSPS) is 19.1. The zero-order valence-electron chi connectivity index (χ0n) is 17.0. The van der Waals surface area contributed by atoms with Crippen molar-refractivity contribution >= 4 is 12.0 Å². The Morgan fingerprint density at radius 3 is 2.21 bits per heavy atom. The van der Waals surface area contributed by atoms with Crippen LogP contribution in [-0.2, 0) is 16.1 Å². The van der Waals surface area contributed by atoms with Crippen LogP contribution in [0.1, 0.15) is 12.7 Å². The van der Waals surface area contributed by atoms with E-state index in [1.165, 1.54) is 0 Å². The maximum Gasteiger partial charge on any atom is 0.409 e. The smallest absolute Gasteiger partial charge is 0.409 e. The molecule has 3 heterocycles. The Morgan fingerprint density at radius 2 is 1.61 bits per heavy atom. The second-order valence-corrected chi connectivity index (χ2v) is 7.35. The number of ether oxygens (including phenoxy) is 1. The topological polar surface area (TPSA) is 74.2 Å². The fourth-order valence-electron chi connectivity index (χ4n) is 3.70. The summed E-state index contributed by atoms with van der Waals surface area (Å²) >= 11 is 0. The van der Waals surface area contributed by atoms with Gasteiger partial charge < -0.3 is 19.1 Å². The molecule has 2 aliphatic rings. The van der Waals surface area contributed by atoms with Crippen molar-refractivity contribution < 1.29 is 14.3 Å². The predicted octanol–water partition coefficient (Wildman–Crippen LogP) is 0.110. The van der Waals surface area contributed by atoms with Gasteiger partial charge in [-0.05, 0) is 13.8 Å². The number of aromatic nitrogens is 2. The average Bonchev–Trinajstić information content (AvgIpc) is 3.12. The highest BCUT2D eigenvalue weighted by Crippen LogP contribution is 2.07. The quantitative estimate of drug-likeness (QED) is 0.684. The van der Waals surface area contributed by atoms with Crippen LogP contribution >= 0.6 is 0 Å². The van der Waals surface area contributed by atoms with Crippen molar-refractivity contribution in [2.75, 3.05) is 72.1 Å². The molecule has 1 aromatic heterocycles. The summed E-state index contributed by atoms with van der Waals surface area (Å²) in [6, 6.07) is 0. The molecule has 9 nitrogen and oxygen atoms in total. The van der Waals surface area contributed by atoms with E-state index in [0.717, 1.165) is 45.1 Å². The van der Waals surface area contributed by atoms with Gasteiger partial charge in [-0.15, -0.1) is 0 Å². The lowest BCUT2D eigenvalue weighted by atomic mass is 10.2. The minimum atomic E-state index is -0.281. The van der Waals surface area contributed by atoms with Crippen LogP contribution in [0.25, 0.3) is 0 Å². The van der Waals surface area contributed by atoms with Crippen molar-refractivity contribution in [3.8, 4) is 0 Å². The van der Waals surface area contributed by atoms with Crippen LogP contribution in [0.4, 0.5) is 4.79 Å². The Bertz CT molecular complexity index is 648. The van der Waals surface area contributed by atoms with E-state index in [1.807, 2.05) is 24.2 Å². The summed E-state index contributed by atoms with van der Waals surface area (Å²) in [6.45, 7) is 12.7. The molecule has 0 spiro atoms. The highest BCUT2D eigenvalue weighted by molar-refractivity contribution is 5.78. The molecule has 0 atom stereocenters. The fourth-order valence-corrected chi connectivity index (χ4v) is 3.70. The van der Waals surface area contributed by atoms with Crippen molar-refractivity contribution in [1.82, 2.24) is 29.2 Å². The third-order valence-electron chi connectivity index (χ3n) is 5.56. The van der Waals surface area contributed by atoms with E-state index in [4.69, 9.17) is 4.74 Å². The molecular formula is C19H32N6O3. The van der Waals surface area contributed by atoms with Crippen molar-refractivity contribution in [2.45, 2.75) is 20.4 Å². The summed E-state index contributed by atoms with van der Waals surface area (Å²) in [5.74, 6) is 1.21. The summed E-state index contributed by atoms with van der Waals surface area (Å²) < 4.78 is 7.20. The highest BCUT2D eigenvalue weighted by Gasteiger charge is 2.26. The fraction of sp³-hybridized carbons (Fsp3) is 0.737. The number of rotatable bonds is 6. The molecular weight excluding hydrogens is 360 g/mol. The maximum atomic E-state index is 12.6. The molecule has 0 radical (unpaired) electrons. The van der Waals surface area contributed by atoms with Gasteiger partial charge in [0.15, 0.2) is 0 Å². The van der Waals surface area contributed by atoms with Crippen molar-refractivity contribution in [3.05, 3.63) is 18.2 Å². The van der Waals surface area contributed by atoms with E-state index in [2.05, 4.69) is 19.4 Å². The zero-order valence-corrected chi connectivity index (χ0v) is 17.0. The Kier molecular flexibility index (Phi) is 7.27. The van der Waals surface area contributed by atoms with Crippen molar-refractivity contribution in [2.24, 2.45) is 0 Å². The van der Waals surface area contributed by atoms with Crippen LogP contribution in [0.5, 0.6) is 0 Å². The number of hydrogen-bond acceptors (Lipinski definition) is 6. The van der Waals surface area contributed by atoms with Crippen LogP contribution in [-0.4, -0.2) is 113 Å². The van der Waals surface area contributed by atoms with Gasteiger partial charge in [-0.2, -0.15) is 0 Å². The predicted molar refractivity (Wildman–Crippen MR) is 105 cm³/mol. The number of piperazine rings is 2. The van der Waals surface area contributed by atoms with Gasteiger partial charge in [-0.3, -0.25) is 14.6 Å². The average molecular weight is 393 g/mol. The SMILES string of the molecule is CCOC(=O)N1CCN(C(=O)CN2CCN(CCn3ccnc3C)CC2)CC1. The summed E-state index contributed by atoms with van der Waals surface area (Å²) in [5, 5.41) is 0. The summed E-state index contributed by atoms with van der Waals surface area (Å²) in [6.07, 6.45) is 3.58. The standard InChI is InChI=1S/C19H32N6O3/c1-3-28-19(27)25-14-12-24(13-15-25)18(26)16-22-8-6-21(7-9-22)10-11-23-5-4-20-17(23)2/h4-5H,3,6-16H2,1-2H3. The first-order valence-corrected chi connectivity index (χ1v) is 10.2. The molecule has 28 heavy (non-hydrogen) atoms. The summed E-state index contributed by atoms with van der Waals surface area (Å²) in [4.78, 5) is 36.8. The number of amides is 2. The van der Waals surface area contributed by atoms with Crippen LogP contribution in [0, 0.1) is 6.92 Å². The third-order valence-corrected chi connectivity index (χ3v) is 5.56. The van der Waals surface area contributed by atoms with E-state index in [0.29, 0.717) is 39.3 Å². The Labute approximate surface area is 166 Å². The van der Waals surface area contributed by atoms with Gasteiger partial charge in [0.05, 0.1) is 13.2 Å². The zero-order chi connectivity index (χ0) is 19.9. The Balaban J connectivity index is 1.34. The summed E-state index contributed by atoms with van der Waals surface area (Å²) in [5.41, 5.74) is 0. The molecule has 0 aliphatic carbocycles. The van der Waals surface area contributed by atoms with Crippen LogP contribution in [0.15, 0.2) is 12.4 Å². The van der Waals surface area contributed by atoms with Gasteiger partial charge in [0.2, 0.25) is 5.91 Å². The molecule has 3 rings (SSSR count). The minimum absolute atomic E-state index is 0.158. The molecule has 9 heteroatoms. The molecule has 1 aromatic rings. The highest BCUT2D eigenvalue weighted by atomic mass is 16.6. The van der Waals surface area contributed by atoms with Gasteiger partial charge in [0.1, 0.15) is 5.82 Å². The molecule has 2 saturated heterocycles. The number of imidazole rings is 1. The molecule has 0 bridgehead atoms. The van der Waals surface area contributed by atoms with Crippen LogP contribution in [0.3, 0.4) is 0 Å². The minimum Gasteiger partial charge on any atom is -0.450 e. The van der Waals surface area contributed by atoms with Gasteiger partial charge in [0.25, 0.3) is 0 Å². The molecule has 2 fully saturated rings. The lowest BCUT2D eigenvalue weighted by molar-refractivity contribution is -0.134. The molecule has 156 valence electrons. The monoisotopic (exact) mass is 392 g/mol. The molecule has 2 aliphatic heterocycles. The van der Waals surface area contributed by atoms with Gasteiger partial charge in [-0.25, -0.2) is 9.78 Å². The van der Waals surface area contributed by atoms with E-state index in [9.17, 15) is 9.59 Å². The van der Waals surface area contributed by atoms with E-state index >= 15 is 0 Å². The van der Waals surface area contributed by atoms with E-state index in [-0.39, 0.29) is 12.0 Å². The lowest BCUT2D eigenvalue weighted by Crippen LogP contribution is -2.54. The van der Waals surface area contributed by atoms with Crippen molar-refractivity contribution in [3.63, 3.8) is 0 Å². The first-order chi connectivity index (χ1) is 13.6. The first-order valence-electron chi connectivity index (χ1n) is 10.2. The molecule has 0 unspecified atom stereocenters. The first kappa shape index (κ1) is 20.6. The second kappa shape index (κ2) is 9.88. The van der Waals surface area contributed by atoms with Gasteiger partial charge in [0, 0.05) is 77.8 Å². The van der Waals surface area contributed by atoms with Crippen LogP contribution < -0.4 is 0 Å². The largest absolute Gasteiger partial charge is 0.450 e. The molecule has 0 aromatic carbocycles. The van der Waals surface area contributed by atoms with Crippen molar-refractivity contribution in [1.29, 1.82) is 0 Å². The number of nitrogens with zero attached hydrogens (tertiary/aromatic N) is 6. The number of carbonyl (C=O) groups is 2. The third kappa shape index (κ3) is 5.45. The van der Waals surface area contributed by atoms with E-state index in [1.54, 1.807) is 11.8 Å². The molecule has 0 saturated carbocycles. The van der Waals surface area contributed by atoms with Gasteiger partial charge >= 0.3 is 6.09 Å². The Hall–Kier alpha value is -2.13. The summed E-state index contributed by atoms with van der Waals surface area (Å²) in [7, 11) is 0. The second-order valence-electron chi connectivity index (χ2n) is 7.35. The van der Waals surface area contributed by atoms with E-state index < -0.39 is 0 Å². The molecule has 2 amide bonds. The number of carbonyl (C=O) groups excluding carboxylic acids is 2. The number of aryl methyl sites for hydroxylation is 1. The molecule has 0 N–H and O–H groups in total. The van der Waals surface area contributed by atoms with Crippen LogP contribution in [0.2, 0.25) is 0 Å². The van der Waals surface area contributed by atoms with Gasteiger partial charge in [-0.1, -0.05) is 0 Å². The lowest BCUT2D eigenvalue weighted by Gasteiger charge is -2.37. The maximum absolute atomic E-state index is 12.6. The number of hydrogen-bond donors (Lipinski definition) is 0.